The molecule has 9 heteroatoms. The molecule has 0 saturated carbocycles. The fourth-order valence-electron chi connectivity index (χ4n) is 4.43. The van der Waals surface area contributed by atoms with Gasteiger partial charge in [0, 0.05) is 17.8 Å². The zero-order valence-corrected chi connectivity index (χ0v) is 20.4. The molecule has 0 spiro atoms. The number of methoxy groups -OCH3 is 2. The van der Waals surface area contributed by atoms with Crippen LogP contribution in [0.4, 0.5) is 5.69 Å². The first-order valence-corrected chi connectivity index (χ1v) is 11.6. The lowest BCUT2D eigenvalue weighted by Gasteiger charge is -2.27. The topological polar surface area (TPSA) is 97.1 Å². The number of hydrogen-bond acceptors (Lipinski definition) is 6. The number of hydrogen-bond donors (Lipinski definition) is 2. The van der Waals surface area contributed by atoms with Gasteiger partial charge in [-0.15, -0.1) is 0 Å². The summed E-state index contributed by atoms with van der Waals surface area (Å²) in [7, 11) is 3.19. The zero-order valence-electron chi connectivity index (χ0n) is 19.5. The minimum Gasteiger partial charge on any atom is -0.497 e. The molecule has 1 saturated heterocycles. The highest BCUT2D eigenvalue weighted by Gasteiger charge is 2.43. The first-order chi connectivity index (χ1) is 17.5. The van der Waals surface area contributed by atoms with Gasteiger partial charge in [0.1, 0.15) is 29.1 Å². The molecule has 2 aromatic heterocycles. The largest absolute Gasteiger partial charge is 0.497 e. The summed E-state index contributed by atoms with van der Waals surface area (Å²) in [6.45, 7) is 0. The van der Waals surface area contributed by atoms with E-state index in [1.165, 1.54) is 0 Å². The van der Waals surface area contributed by atoms with Crippen LogP contribution in [0.1, 0.15) is 33.9 Å². The van der Waals surface area contributed by atoms with E-state index >= 15 is 0 Å². The molecule has 0 amide bonds. The molecule has 1 fully saturated rings. The molecule has 2 aromatic carbocycles. The molecule has 0 aliphatic carbocycles. The van der Waals surface area contributed by atoms with Crippen LogP contribution in [0.25, 0.3) is 11.3 Å². The number of carbonyl (C=O) groups is 1. The molecule has 2 N–H and O–H groups in total. The van der Waals surface area contributed by atoms with Gasteiger partial charge in [-0.1, -0.05) is 24.3 Å². The number of ether oxygens (including phenoxy) is 2. The van der Waals surface area contributed by atoms with E-state index in [4.69, 9.17) is 26.1 Å². The summed E-state index contributed by atoms with van der Waals surface area (Å²) in [6, 6.07) is 20.7. The predicted octanol–water partition coefficient (Wildman–Crippen LogP) is 5.23. The highest BCUT2D eigenvalue weighted by molar-refractivity contribution is 7.80. The summed E-state index contributed by atoms with van der Waals surface area (Å²) < 4.78 is 17.4. The van der Waals surface area contributed by atoms with Gasteiger partial charge >= 0.3 is 5.97 Å². The Labute approximate surface area is 213 Å². The van der Waals surface area contributed by atoms with Crippen molar-refractivity contribution >= 4 is 29.0 Å². The number of rotatable bonds is 7. The van der Waals surface area contributed by atoms with Crippen molar-refractivity contribution in [3.05, 3.63) is 96.0 Å². The smallest absolute Gasteiger partial charge is 0.336 e. The maximum Gasteiger partial charge on any atom is 0.336 e. The van der Waals surface area contributed by atoms with Crippen LogP contribution in [0.5, 0.6) is 11.5 Å². The van der Waals surface area contributed by atoms with Gasteiger partial charge in [0.15, 0.2) is 5.11 Å². The van der Waals surface area contributed by atoms with Gasteiger partial charge in [0.05, 0.1) is 37.2 Å². The second-order valence-corrected chi connectivity index (χ2v) is 8.47. The molecule has 3 heterocycles. The van der Waals surface area contributed by atoms with E-state index in [1.807, 2.05) is 47.4 Å². The first kappa shape index (κ1) is 23.4. The molecule has 0 bridgehead atoms. The van der Waals surface area contributed by atoms with Gasteiger partial charge in [0.2, 0.25) is 0 Å². The maximum absolute atomic E-state index is 11.8. The van der Waals surface area contributed by atoms with Gasteiger partial charge in [-0.25, -0.2) is 4.79 Å². The standard InChI is InChI=1S/C27H23N3O5S/c1-33-16-10-11-22(34-2)20(15-16)30-25(24(29-27(30)36)19-9-5-6-14-28-19)23-13-12-21(35-23)17-7-3-4-8-18(17)26(31)32/h3-15,24-25H,1-2H3,(H,29,36)(H,31,32)/t24-,25+/m0/s1. The second kappa shape index (κ2) is 9.71. The summed E-state index contributed by atoms with van der Waals surface area (Å²) in [5.41, 5.74) is 2.12. The normalized spacial score (nSPS) is 17.1. The predicted molar refractivity (Wildman–Crippen MR) is 139 cm³/mol. The number of benzene rings is 2. The highest BCUT2D eigenvalue weighted by Crippen LogP contribution is 2.46. The number of nitrogens with zero attached hydrogens (tertiary/aromatic N) is 2. The lowest BCUT2D eigenvalue weighted by atomic mass is 10.0. The summed E-state index contributed by atoms with van der Waals surface area (Å²) in [5, 5.41) is 13.5. The monoisotopic (exact) mass is 501 g/mol. The van der Waals surface area contributed by atoms with Crippen LogP contribution in [-0.2, 0) is 0 Å². The molecule has 0 unspecified atom stereocenters. The number of aromatic nitrogens is 1. The van der Waals surface area contributed by atoms with Crippen molar-refractivity contribution in [1.82, 2.24) is 10.3 Å². The van der Waals surface area contributed by atoms with E-state index in [0.29, 0.717) is 39.4 Å². The number of aromatic carboxylic acids is 1. The van der Waals surface area contributed by atoms with Crippen LogP contribution in [-0.4, -0.2) is 35.4 Å². The molecule has 36 heavy (non-hydrogen) atoms. The second-order valence-electron chi connectivity index (χ2n) is 8.09. The number of nitrogens with one attached hydrogen (secondary N) is 1. The molecule has 1 aliphatic heterocycles. The van der Waals surface area contributed by atoms with Crippen molar-refractivity contribution in [1.29, 1.82) is 0 Å². The van der Waals surface area contributed by atoms with Crippen LogP contribution in [0.3, 0.4) is 0 Å². The minimum atomic E-state index is -1.03. The number of pyridine rings is 1. The Morgan fingerprint density at radius 3 is 2.58 bits per heavy atom. The van der Waals surface area contributed by atoms with Gasteiger partial charge in [-0.2, -0.15) is 0 Å². The SMILES string of the molecule is COc1ccc(OC)c(N2C(=S)N[C@@H](c3ccccn3)[C@H]2c2ccc(-c3ccccc3C(=O)O)o2)c1. The summed E-state index contributed by atoms with van der Waals surface area (Å²) in [6.07, 6.45) is 1.72. The number of carboxylic acids is 1. The van der Waals surface area contributed by atoms with Gasteiger partial charge in [-0.05, 0) is 54.7 Å². The lowest BCUT2D eigenvalue weighted by molar-refractivity contribution is 0.0697. The third-order valence-corrected chi connectivity index (χ3v) is 6.40. The van der Waals surface area contributed by atoms with Crippen molar-refractivity contribution in [3.8, 4) is 22.8 Å². The molecule has 8 nitrogen and oxygen atoms in total. The van der Waals surface area contributed by atoms with E-state index < -0.39 is 12.0 Å². The van der Waals surface area contributed by atoms with Gasteiger partial charge in [0.25, 0.3) is 0 Å². The number of thiocarbonyl (C=S) groups is 1. The molecule has 182 valence electrons. The quantitative estimate of drug-likeness (QED) is 0.330. The van der Waals surface area contributed by atoms with Crippen molar-refractivity contribution in [2.75, 3.05) is 19.1 Å². The average molecular weight is 502 g/mol. The Bertz CT molecular complexity index is 1420. The van der Waals surface area contributed by atoms with Crippen LogP contribution in [0.2, 0.25) is 0 Å². The fourth-order valence-corrected chi connectivity index (χ4v) is 4.77. The molecule has 4 aromatic rings. The Morgan fingerprint density at radius 2 is 1.86 bits per heavy atom. The van der Waals surface area contributed by atoms with Gasteiger partial charge < -0.3 is 29.2 Å². The Kier molecular flexibility index (Phi) is 6.30. The van der Waals surface area contributed by atoms with E-state index in [0.717, 1.165) is 5.69 Å². The number of carboxylic acid groups (broad SMARTS) is 1. The Morgan fingerprint density at radius 1 is 1.06 bits per heavy atom. The van der Waals surface area contributed by atoms with E-state index in [2.05, 4.69) is 10.3 Å². The van der Waals surface area contributed by atoms with Gasteiger partial charge in [-0.3, -0.25) is 4.98 Å². The van der Waals surface area contributed by atoms with Crippen LogP contribution < -0.4 is 19.7 Å². The molecule has 0 radical (unpaired) electrons. The Balaban J connectivity index is 1.66. The molecular weight excluding hydrogens is 478 g/mol. The van der Waals surface area contributed by atoms with Crippen molar-refractivity contribution in [3.63, 3.8) is 0 Å². The summed E-state index contributed by atoms with van der Waals surface area (Å²) in [5.74, 6) is 1.25. The minimum absolute atomic E-state index is 0.158. The molecule has 1 aliphatic rings. The summed E-state index contributed by atoms with van der Waals surface area (Å²) in [4.78, 5) is 18.3. The average Bonchev–Trinajstić information content (AvgIpc) is 3.53. The third kappa shape index (κ3) is 4.14. The number of furan rings is 1. The first-order valence-electron chi connectivity index (χ1n) is 11.2. The van der Waals surface area contributed by atoms with Crippen LogP contribution >= 0.6 is 12.2 Å². The van der Waals surface area contributed by atoms with E-state index in [9.17, 15) is 9.90 Å². The van der Waals surface area contributed by atoms with Crippen molar-refractivity contribution < 1.29 is 23.8 Å². The molecular formula is C27H23N3O5S. The van der Waals surface area contributed by atoms with Crippen molar-refractivity contribution in [2.45, 2.75) is 12.1 Å². The summed E-state index contributed by atoms with van der Waals surface area (Å²) >= 11 is 5.79. The lowest BCUT2D eigenvalue weighted by Crippen LogP contribution is -2.29. The van der Waals surface area contributed by atoms with Crippen molar-refractivity contribution in [2.24, 2.45) is 0 Å². The van der Waals surface area contributed by atoms with E-state index in [1.54, 1.807) is 50.7 Å². The third-order valence-electron chi connectivity index (χ3n) is 6.08. The molecule has 5 rings (SSSR count). The zero-order chi connectivity index (χ0) is 25.2. The van der Waals surface area contributed by atoms with E-state index in [-0.39, 0.29) is 11.6 Å². The Hall–Kier alpha value is -4.37. The van der Waals surface area contributed by atoms with Crippen LogP contribution in [0, 0.1) is 0 Å². The van der Waals surface area contributed by atoms with Crippen LogP contribution in [0.15, 0.2) is 83.4 Å². The number of anilines is 1. The fraction of sp³-hybridized carbons (Fsp3) is 0.148. The highest BCUT2D eigenvalue weighted by atomic mass is 32.1. The maximum atomic E-state index is 11.8. The molecule has 2 atom stereocenters.